The molecule has 30 heavy (non-hydrogen) atoms. The summed E-state index contributed by atoms with van der Waals surface area (Å²) in [4.78, 5) is 30.3. The van der Waals surface area contributed by atoms with Crippen LogP contribution < -0.4 is 4.74 Å². The Hall–Kier alpha value is -2.04. The predicted octanol–water partition coefficient (Wildman–Crippen LogP) is 4.51. The molecule has 0 saturated carbocycles. The summed E-state index contributed by atoms with van der Waals surface area (Å²) in [6.45, 7) is 7.79. The third kappa shape index (κ3) is 5.77. The van der Waals surface area contributed by atoms with Crippen LogP contribution in [-0.2, 0) is 9.59 Å². The van der Waals surface area contributed by atoms with Crippen LogP contribution in [0, 0.1) is 11.3 Å². The van der Waals surface area contributed by atoms with Crippen molar-refractivity contribution in [2.24, 2.45) is 11.3 Å². The molecule has 1 aromatic carbocycles. The maximum atomic E-state index is 13.2. The largest absolute Gasteiger partial charge is 0.493 e. The molecule has 2 fully saturated rings. The smallest absolute Gasteiger partial charge is 0.225 e. The molecule has 1 aromatic rings. The zero-order valence-electron chi connectivity index (χ0n) is 18.8. The van der Waals surface area contributed by atoms with E-state index in [1.54, 1.807) is 0 Å². The van der Waals surface area contributed by atoms with Gasteiger partial charge in [-0.15, -0.1) is 0 Å². The number of carbonyl (C=O) groups excluding carboxylic acids is 2. The van der Waals surface area contributed by atoms with E-state index in [1.165, 1.54) is 6.42 Å². The van der Waals surface area contributed by atoms with Crippen molar-refractivity contribution in [3.05, 3.63) is 30.3 Å². The van der Waals surface area contributed by atoms with Gasteiger partial charge in [-0.05, 0) is 57.1 Å². The van der Waals surface area contributed by atoms with Gasteiger partial charge in [-0.2, -0.15) is 0 Å². The van der Waals surface area contributed by atoms with Crippen molar-refractivity contribution in [3.63, 3.8) is 0 Å². The van der Waals surface area contributed by atoms with Crippen LogP contribution >= 0.6 is 0 Å². The molecule has 1 atom stereocenters. The van der Waals surface area contributed by atoms with Crippen molar-refractivity contribution in [2.75, 3.05) is 32.8 Å². The number of piperidine rings is 2. The number of hydrogen-bond acceptors (Lipinski definition) is 3. The molecule has 5 nitrogen and oxygen atoms in total. The van der Waals surface area contributed by atoms with Crippen LogP contribution in [0.1, 0.15) is 65.2 Å². The van der Waals surface area contributed by atoms with Gasteiger partial charge in [-0.25, -0.2) is 0 Å². The lowest BCUT2D eigenvalue weighted by atomic mass is 9.76. The molecule has 0 aromatic heterocycles. The van der Waals surface area contributed by atoms with Gasteiger partial charge in [0, 0.05) is 43.9 Å². The molecule has 0 spiro atoms. The Morgan fingerprint density at radius 3 is 2.30 bits per heavy atom. The molecule has 0 bridgehead atoms. The topological polar surface area (TPSA) is 49.9 Å². The third-order valence-electron chi connectivity index (χ3n) is 6.83. The van der Waals surface area contributed by atoms with Gasteiger partial charge in [0.2, 0.25) is 11.8 Å². The maximum Gasteiger partial charge on any atom is 0.225 e. The summed E-state index contributed by atoms with van der Waals surface area (Å²) in [6, 6.07) is 9.81. The summed E-state index contributed by atoms with van der Waals surface area (Å²) in [7, 11) is 0. The summed E-state index contributed by atoms with van der Waals surface area (Å²) in [5.74, 6) is 1.37. The van der Waals surface area contributed by atoms with Gasteiger partial charge in [-0.3, -0.25) is 9.59 Å². The van der Waals surface area contributed by atoms with Crippen molar-refractivity contribution >= 4 is 11.8 Å². The summed E-state index contributed by atoms with van der Waals surface area (Å²) in [5.41, 5.74) is -0.315. The van der Waals surface area contributed by atoms with Crippen molar-refractivity contribution < 1.29 is 14.3 Å². The monoisotopic (exact) mass is 414 g/mol. The van der Waals surface area contributed by atoms with E-state index in [4.69, 9.17) is 4.74 Å². The van der Waals surface area contributed by atoms with Crippen LogP contribution in [0.5, 0.6) is 5.75 Å². The van der Waals surface area contributed by atoms with E-state index in [9.17, 15) is 9.59 Å². The van der Waals surface area contributed by atoms with Crippen molar-refractivity contribution in [3.8, 4) is 5.75 Å². The highest BCUT2D eigenvalue weighted by molar-refractivity contribution is 5.80. The standard InChI is InChI=1S/C25H38N2O3/c1-3-21(4-2)24(29)27-17-11-14-25(19-27,20-30-22-12-7-5-8-13-22)18-23(28)26-15-9-6-10-16-26/h5,7-8,12-13,21H,3-4,6,9-11,14-20H2,1-2H3/t25-/m1/s1. The number of para-hydroxylation sites is 1. The first-order valence-electron chi connectivity index (χ1n) is 11.8. The van der Waals surface area contributed by atoms with Gasteiger partial charge < -0.3 is 14.5 Å². The van der Waals surface area contributed by atoms with E-state index in [-0.39, 0.29) is 23.1 Å². The second-order valence-corrected chi connectivity index (χ2v) is 9.10. The van der Waals surface area contributed by atoms with Crippen molar-refractivity contribution in [1.29, 1.82) is 0 Å². The highest BCUT2D eigenvalue weighted by Crippen LogP contribution is 2.36. The second kappa shape index (κ2) is 10.8. The van der Waals surface area contributed by atoms with E-state index < -0.39 is 0 Å². The fourth-order valence-electron chi connectivity index (χ4n) is 4.93. The van der Waals surface area contributed by atoms with Gasteiger partial charge >= 0.3 is 0 Å². The lowest BCUT2D eigenvalue weighted by Crippen LogP contribution is -2.52. The second-order valence-electron chi connectivity index (χ2n) is 9.10. The first-order valence-corrected chi connectivity index (χ1v) is 11.8. The number of amides is 2. The molecule has 0 N–H and O–H groups in total. The minimum absolute atomic E-state index is 0.0774. The molecular weight excluding hydrogens is 376 g/mol. The maximum absolute atomic E-state index is 13.2. The van der Waals surface area contributed by atoms with Gasteiger partial charge in [0.15, 0.2) is 0 Å². The summed E-state index contributed by atoms with van der Waals surface area (Å²) in [6.07, 6.45) is 7.45. The van der Waals surface area contributed by atoms with Gasteiger partial charge in [0.25, 0.3) is 0 Å². The lowest BCUT2D eigenvalue weighted by molar-refractivity contribution is -0.144. The first-order chi connectivity index (χ1) is 14.6. The fraction of sp³-hybridized carbons (Fsp3) is 0.680. The molecule has 2 amide bonds. The molecule has 2 aliphatic rings. The van der Waals surface area contributed by atoms with Crippen molar-refractivity contribution in [1.82, 2.24) is 9.80 Å². The molecule has 5 heteroatoms. The number of benzene rings is 1. The normalized spacial score (nSPS) is 22.2. The van der Waals surface area contributed by atoms with E-state index in [2.05, 4.69) is 13.8 Å². The number of likely N-dealkylation sites (tertiary alicyclic amines) is 2. The minimum Gasteiger partial charge on any atom is -0.493 e. The Balaban J connectivity index is 1.75. The molecule has 0 unspecified atom stereocenters. The Kier molecular flexibility index (Phi) is 8.17. The Bertz CT molecular complexity index is 683. The number of ether oxygens (including phenoxy) is 1. The van der Waals surface area contributed by atoms with Crippen LogP contribution in [0.4, 0.5) is 0 Å². The van der Waals surface area contributed by atoms with Crippen molar-refractivity contribution in [2.45, 2.75) is 65.2 Å². The third-order valence-corrected chi connectivity index (χ3v) is 6.83. The zero-order chi connectivity index (χ0) is 21.4. The minimum atomic E-state index is -0.315. The molecule has 2 saturated heterocycles. The Labute approximate surface area is 181 Å². The molecule has 2 aliphatic heterocycles. The molecule has 2 heterocycles. The molecule has 0 aliphatic carbocycles. The van der Waals surface area contributed by atoms with E-state index in [1.807, 2.05) is 40.1 Å². The number of hydrogen-bond donors (Lipinski definition) is 0. The summed E-state index contributed by atoms with van der Waals surface area (Å²) >= 11 is 0. The van der Waals surface area contributed by atoms with Crippen LogP contribution in [-0.4, -0.2) is 54.4 Å². The fourth-order valence-corrected chi connectivity index (χ4v) is 4.93. The van der Waals surface area contributed by atoms with Crippen LogP contribution in [0.2, 0.25) is 0 Å². The molecule has 166 valence electrons. The van der Waals surface area contributed by atoms with E-state index >= 15 is 0 Å². The number of carbonyl (C=O) groups is 2. The quantitative estimate of drug-likeness (QED) is 0.629. The lowest BCUT2D eigenvalue weighted by Gasteiger charge is -2.44. The van der Waals surface area contributed by atoms with Crippen LogP contribution in [0.15, 0.2) is 30.3 Å². The SMILES string of the molecule is CCC(CC)C(=O)N1CCC[C@@](COc2ccccc2)(CC(=O)N2CCCCC2)C1. The molecular formula is C25H38N2O3. The Morgan fingerprint density at radius 1 is 0.967 bits per heavy atom. The average Bonchev–Trinajstić information content (AvgIpc) is 2.80. The van der Waals surface area contributed by atoms with Gasteiger partial charge in [0.1, 0.15) is 5.75 Å². The molecule has 3 rings (SSSR count). The predicted molar refractivity (Wildman–Crippen MR) is 119 cm³/mol. The Morgan fingerprint density at radius 2 is 1.63 bits per heavy atom. The van der Waals surface area contributed by atoms with E-state index in [0.29, 0.717) is 19.6 Å². The number of nitrogens with zero attached hydrogens (tertiary/aromatic N) is 2. The average molecular weight is 415 g/mol. The zero-order valence-corrected chi connectivity index (χ0v) is 18.8. The number of rotatable bonds is 8. The first kappa shape index (κ1) is 22.6. The van der Waals surface area contributed by atoms with Crippen LogP contribution in [0.25, 0.3) is 0 Å². The highest BCUT2D eigenvalue weighted by Gasteiger charge is 2.41. The van der Waals surface area contributed by atoms with Gasteiger partial charge in [0.05, 0.1) is 6.61 Å². The van der Waals surface area contributed by atoms with E-state index in [0.717, 1.165) is 63.9 Å². The molecule has 0 radical (unpaired) electrons. The van der Waals surface area contributed by atoms with Crippen LogP contribution in [0.3, 0.4) is 0 Å². The van der Waals surface area contributed by atoms with Gasteiger partial charge in [-0.1, -0.05) is 32.0 Å². The highest BCUT2D eigenvalue weighted by atomic mass is 16.5. The summed E-state index contributed by atoms with van der Waals surface area (Å²) < 4.78 is 6.17. The summed E-state index contributed by atoms with van der Waals surface area (Å²) in [5, 5.41) is 0.